The zero-order valence-electron chi connectivity index (χ0n) is 12.8. The van der Waals surface area contributed by atoms with Gasteiger partial charge in [-0.1, -0.05) is 54.6 Å². The van der Waals surface area contributed by atoms with Gasteiger partial charge in [0.15, 0.2) is 0 Å². The molecule has 0 saturated heterocycles. The molecule has 116 valence electrons. The molecule has 3 aromatic carbocycles. The maximum atomic E-state index is 9.73. The molecular formula is C20H19NO2. The third kappa shape index (κ3) is 4.27. The predicted octanol–water partition coefficient (Wildman–Crippen LogP) is 4.58. The van der Waals surface area contributed by atoms with E-state index in [2.05, 4.69) is 5.32 Å². The molecule has 0 heterocycles. The van der Waals surface area contributed by atoms with E-state index < -0.39 is 0 Å². The molecule has 0 aromatic heterocycles. The van der Waals surface area contributed by atoms with Crippen molar-refractivity contribution in [2.45, 2.75) is 13.2 Å². The van der Waals surface area contributed by atoms with Crippen molar-refractivity contribution in [3.8, 4) is 11.5 Å². The highest BCUT2D eigenvalue weighted by Gasteiger charge is 2.00. The van der Waals surface area contributed by atoms with Crippen LogP contribution >= 0.6 is 0 Å². The first-order valence-corrected chi connectivity index (χ1v) is 7.59. The number of phenolic OH excluding ortho intramolecular Hbond substituents is 1. The third-order valence-electron chi connectivity index (χ3n) is 3.56. The van der Waals surface area contributed by atoms with E-state index in [4.69, 9.17) is 4.74 Å². The van der Waals surface area contributed by atoms with Crippen LogP contribution in [0.5, 0.6) is 11.5 Å². The summed E-state index contributed by atoms with van der Waals surface area (Å²) in [5.41, 5.74) is 3.01. The van der Waals surface area contributed by atoms with Gasteiger partial charge >= 0.3 is 0 Å². The predicted molar refractivity (Wildman–Crippen MR) is 92.6 cm³/mol. The van der Waals surface area contributed by atoms with E-state index >= 15 is 0 Å². The molecular weight excluding hydrogens is 286 g/mol. The van der Waals surface area contributed by atoms with Gasteiger partial charge in [0, 0.05) is 6.54 Å². The third-order valence-corrected chi connectivity index (χ3v) is 3.56. The molecule has 0 atom stereocenters. The first-order valence-electron chi connectivity index (χ1n) is 7.59. The van der Waals surface area contributed by atoms with Gasteiger partial charge in [0.05, 0.1) is 5.69 Å². The normalized spacial score (nSPS) is 10.3. The van der Waals surface area contributed by atoms with E-state index in [-0.39, 0.29) is 5.75 Å². The summed E-state index contributed by atoms with van der Waals surface area (Å²) in [5, 5.41) is 12.9. The van der Waals surface area contributed by atoms with Crippen LogP contribution in [0, 0.1) is 0 Å². The van der Waals surface area contributed by atoms with Gasteiger partial charge in [-0.3, -0.25) is 0 Å². The van der Waals surface area contributed by atoms with E-state index in [0.717, 1.165) is 22.6 Å². The quantitative estimate of drug-likeness (QED) is 0.655. The van der Waals surface area contributed by atoms with E-state index in [1.54, 1.807) is 12.1 Å². The van der Waals surface area contributed by atoms with Crippen LogP contribution in [0.2, 0.25) is 0 Å². The average molecular weight is 305 g/mol. The van der Waals surface area contributed by atoms with Crippen LogP contribution in [0.15, 0.2) is 78.9 Å². The van der Waals surface area contributed by atoms with Crippen molar-refractivity contribution in [2.75, 3.05) is 5.32 Å². The molecule has 0 bridgehead atoms. The van der Waals surface area contributed by atoms with Crippen molar-refractivity contribution in [1.82, 2.24) is 0 Å². The number of hydrogen-bond donors (Lipinski definition) is 2. The molecule has 3 heteroatoms. The first-order chi connectivity index (χ1) is 11.3. The van der Waals surface area contributed by atoms with Crippen LogP contribution in [-0.4, -0.2) is 5.11 Å². The van der Waals surface area contributed by atoms with E-state index in [1.165, 1.54) is 0 Å². The van der Waals surface area contributed by atoms with Crippen LogP contribution in [0.3, 0.4) is 0 Å². The maximum Gasteiger partial charge on any atom is 0.138 e. The number of para-hydroxylation sites is 2. The minimum absolute atomic E-state index is 0.260. The van der Waals surface area contributed by atoms with Gasteiger partial charge in [0.2, 0.25) is 0 Å². The second-order valence-corrected chi connectivity index (χ2v) is 5.29. The lowest BCUT2D eigenvalue weighted by molar-refractivity contribution is 0.306. The monoisotopic (exact) mass is 305 g/mol. The molecule has 0 radical (unpaired) electrons. The van der Waals surface area contributed by atoms with Gasteiger partial charge in [0.25, 0.3) is 0 Å². The molecule has 0 aliphatic heterocycles. The fraction of sp³-hybridized carbons (Fsp3) is 0.100. The molecule has 2 N–H and O–H groups in total. The van der Waals surface area contributed by atoms with Crippen LogP contribution in [0.4, 0.5) is 5.69 Å². The lowest BCUT2D eigenvalue weighted by Crippen LogP contribution is -2.00. The van der Waals surface area contributed by atoms with E-state index in [0.29, 0.717) is 13.2 Å². The summed E-state index contributed by atoms with van der Waals surface area (Å²) in [6.45, 7) is 1.22. The molecule has 3 aromatic rings. The molecule has 3 rings (SSSR count). The van der Waals surface area contributed by atoms with Crippen LogP contribution in [-0.2, 0) is 13.2 Å². The summed E-state index contributed by atoms with van der Waals surface area (Å²) >= 11 is 0. The molecule has 23 heavy (non-hydrogen) atoms. The summed E-state index contributed by atoms with van der Waals surface area (Å²) < 4.78 is 5.77. The Labute approximate surface area is 136 Å². The summed E-state index contributed by atoms with van der Waals surface area (Å²) in [4.78, 5) is 0. The summed E-state index contributed by atoms with van der Waals surface area (Å²) in [5.74, 6) is 1.11. The van der Waals surface area contributed by atoms with E-state index in [9.17, 15) is 5.11 Å². The van der Waals surface area contributed by atoms with Crippen molar-refractivity contribution in [3.63, 3.8) is 0 Å². The number of rotatable bonds is 6. The SMILES string of the molecule is Oc1ccccc1NCc1ccc(OCc2ccccc2)cc1. The Morgan fingerprint density at radius 3 is 2.17 bits per heavy atom. The number of ether oxygens (including phenoxy) is 1. The van der Waals surface area contributed by atoms with Gasteiger partial charge < -0.3 is 15.2 Å². The largest absolute Gasteiger partial charge is 0.506 e. The van der Waals surface area contributed by atoms with Gasteiger partial charge in [0.1, 0.15) is 18.1 Å². The van der Waals surface area contributed by atoms with Crippen molar-refractivity contribution in [3.05, 3.63) is 90.0 Å². The van der Waals surface area contributed by atoms with Crippen molar-refractivity contribution < 1.29 is 9.84 Å². The Morgan fingerprint density at radius 1 is 0.739 bits per heavy atom. The fourth-order valence-electron chi connectivity index (χ4n) is 2.26. The Hall–Kier alpha value is -2.94. The number of phenols is 1. The average Bonchev–Trinajstić information content (AvgIpc) is 2.61. The highest BCUT2D eigenvalue weighted by Crippen LogP contribution is 2.22. The number of hydrogen-bond acceptors (Lipinski definition) is 3. The first kappa shape index (κ1) is 15.0. The molecule has 3 nitrogen and oxygen atoms in total. The summed E-state index contributed by atoms with van der Waals surface area (Å²) in [6, 6.07) is 25.3. The minimum Gasteiger partial charge on any atom is -0.506 e. The van der Waals surface area contributed by atoms with E-state index in [1.807, 2.05) is 66.7 Å². The van der Waals surface area contributed by atoms with Crippen LogP contribution in [0.1, 0.15) is 11.1 Å². The fourth-order valence-corrected chi connectivity index (χ4v) is 2.26. The second kappa shape index (κ2) is 7.36. The molecule has 0 amide bonds. The minimum atomic E-state index is 0.260. The highest BCUT2D eigenvalue weighted by molar-refractivity contribution is 5.55. The lowest BCUT2D eigenvalue weighted by atomic mass is 10.2. The molecule has 0 fully saturated rings. The standard InChI is InChI=1S/C20H19NO2/c22-20-9-5-4-8-19(20)21-14-16-10-12-18(13-11-16)23-15-17-6-2-1-3-7-17/h1-13,21-22H,14-15H2. The van der Waals surface area contributed by atoms with Crippen molar-refractivity contribution in [1.29, 1.82) is 0 Å². The topological polar surface area (TPSA) is 41.5 Å². The van der Waals surface area contributed by atoms with Gasteiger partial charge in [-0.05, 0) is 35.4 Å². The summed E-state index contributed by atoms with van der Waals surface area (Å²) in [6.07, 6.45) is 0. The van der Waals surface area contributed by atoms with Crippen LogP contribution in [0.25, 0.3) is 0 Å². The van der Waals surface area contributed by atoms with Gasteiger partial charge in [-0.2, -0.15) is 0 Å². The molecule has 0 unspecified atom stereocenters. The van der Waals surface area contributed by atoms with Crippen LogP contribution < -0.4 is 10.1 Å². The second-order valence-electron chi connectivity index (χ2n) is 5.29. The molecule has 0 spiro atoms. The smallest absolute Gasteiger partial charge is 0.138 e. The van der Waals surface area contributed by atoms with Crippen molar-refractivity contribution >= 4 is 5.69 Å². The number of benzene rings is 3. The Morgan fingerprint density at radius 2 is 1.43 bits per heavy atom. The zero-order valence-corrected chi connectivity index (χ0v) is 12.8. The van der Waals surface area contributed by atoms with Gasteiger partial charge in [-0.25, -0.2) is 0 Å². The lowest BCUT2D eigenvalue weighted by Gasteiger charge is -2.10. The summed E-state index contributed by atoms with van der Waals surface area (Å²) in [7, 11) is 0. The molecule has 0 aliphatic carbocycles. The molecule has 0 aliphatic rings. The number of aromatic hydroxyl groups is 1. The van der Waals surface area contributed by atoms with Gasteiger partial charge in [-0.15, -0.1) is 0 Å². The number of anilines is 1. The highest BCUT2D eigenvalue weighted by atomic mass is 16.5. The van der Waals surface area contributed by atoms with Crippen molar-refractivity contribution in [2.24, 2.45) is 0 Å². The molecule has 0 saturated carbocycles. The number of nitrogens with one attached hydrogen (secondary N) is 1. The Bertz CT molecular complexity index is 739. The zero-order chi connectivity index (χ0) is 15.9. The maximum absolute atomic E-state index is 9.73. The Balaban J connectivity index is 1.54. The Kier molecular flexibility index (Phi) is 4.79.